The molecule has 0 bridgehead atoms. The van der Waals surface area contributed by atoms with E-state index >= 15 is 0 Å². The lowest BCUT2D eigenvalue weighted by atomic mass is 10.2. The van der Waals surface area contributed by atoms with Gasteiger partial charge in [0.15, 0.2) is 14.6 Å². The third-order valence-corrected chi connectivity index (χ3v) is 6.02. The monoisotopic (exact) mass is 422 g/mol. The van der Waals surface area contributed by atoms with Gasteiger partial charge in [0.25, 0.3) is 5.91 Å². The Hall–Kier alpha value is -2.85. The van der Waals surface area contributed by atoms with E-state index in [2.05, 4.69) is 9.73 Å². The standard InChI is InChI=1S/C18H15FN2O5S2/c1-26-16(22)10-21-14-7-6-12(19)9-15(14)27-18(21)20-17(23)11-4-3-5-13(8-11)28(2,24)25/h3-9H,10H2,1-2H3. The van der Waals surface area contributed by atoms with Crippen LogP contribution < -0.4 is 4.80 Å². The van der Waals surface area contributed by atoms with Gasteiger partial charge in [-0.15, -0.1) is 0 Å². The zero-order valence-electron chi connectivity index (χ0n) is 14.9. The summed E-state index contributed by atoms with van der Waals surface area (Å²) in [6, 6.07) is 9.51. The lowest BCUT2D eigenvalue weighted by molar-refractivity contribution is -0.141. The van der Waals surface area contributed by atoms with Crippen molar-refractivity contribution in [2.75, 3.05) is 13.4 Å². The molecule has 10 heteroatoms. The topological polar surface area (TPSA) is 94.8 Å². The molecule has 0 aliphatic rings. The van der Waals surface area contributed by atoms with Crippen molar-refractivity contribution in [3.63, 3.8) is 0 Å². The molecule has 3 aromatic rings. The van der Waals surface area contributed by atoms with E-state index in [9.17, 15) is 22.4 Å². The van der Waals surface area contributed by atoms with Crippen LogP contribution in [0.2, 0.25) is 0 Å². The Balaban J connectivity index is 2.14. The third kappa shape index (κ3) is 4.18. The smallest absolute Gasteiger partial charge is 0.325 e. The zero-order valence-corrected chi connectivity index (χ0v) is 16.5. The lowest BCUT2D eigenvalue weighted by Gasteiger charge is -2.04. The van der Waals surface area contributed by atoms with Crippen molar-refractivity contribution in [1.82, 2.24) is 4.57 Å². The number of aromatic nitrogens is 1. The van der Waals surface area contributed by atoms with E-state index in [0.717, 1.165) is 17.6 Å². The summed E-state index contributed by atoms with van der Waals surface area (Å²) in [5.74, 6) is -1.70. The lowest BCUT2D eigenvalue weighted by Crippen LogP contribution is -2.22. The molecular formula is C18H15FN2O5S2. The number of ether oxygens (including phenoxy) is 1. The summed E-state index contributed by atoms with van der Waals surface area (Å²) in [7, 11) is -2.25. The van der Waals surface area contributed by atoms with Crippen LogP contribution in [0.3, 0.4) is 0 Å². The largest absolute Gasteiger partial charge is 0.468 e. The number of fused-ring (bicyclic) bond motifs is 1. The minimum absolute atomic E-state index is 0.00519. The van der Waals surface area contributed by atoms with E-state index < -0.39 is 27.5 Å². The molecule has 0 fully saturated rings. The van der Waals surface area contributed by atoms with Crippen molar-refractivity contribution in [2.24, 2.45) is 4.99 Å². The summed E-state index contributed by atoms with van der Waals surface area (Å²) in [6.07, 6.45) is 1.04. The summed E-state index contributed by atoms with van der Waals surface area (Å²) in [5.41, 5.74) is 0.601. The second kappa shape index (κ2) is 7.64. The number of methoxy groups -OCH3 is 1. The van der Waals surface area contributed by atoms with E-state index in [-0.39, 0.29) is 21.8 Å². The van der Waals surface area contributed by atoms with Crippen LogP contribution in [0.4, 0.5) is 4.39 Å². The third-order valence-electron chi connectivity index (χ3n) is 3.87. The van der Waals surface area contributed by atoms with Gasteiger partial charge in [-0.1, -0.05) is 17.4 Å². The number of benzene rings is 2. The fourth-order valence-corrected chi connectivity index (χ4v) is 4.21. The zero-order chi connectivity index (χ0) is 20.5. The highest BCUT2D eigenvalue weighted by Crippen LogP contribution is 2.19. The normalized spacial score (nSPS) is 12.3. The van der Waals surface area contributed by atoms with Gasteiger partial charge in [-0.3, -0.25) is 9.59 Å². The molecule has 1 aromatic heterocycles. The van der Waals surface area contributed by atoms with Crippen LogP contribution in [-0.2, 0) is 25.9 Å². The second-order valence-electron chi connectivity index (χ2n) is 5.88. The molecule has 0 N–H and O–H groups in total. The second-order valence-corrected chi connectivity index (χ2v) is 8.90. The average Bonchev–Trinajstić information content (AvgIpc) is 2.97. The van der Waals surface area contributed by atoms with E-state index in [0.29, 0.717) is 10.2 Å². The molecule has 146 valence electrons. The fourth-order valence-electron chi connectivity index (χ4n) is 2.49. The van der Waals surface area contributed by atoms with E-state index in [1.807, 2.05) is 0 Å². The molecule has 1 heterocycles. The predicted octanol–water partition coefficient (Wildman–Crippen LogP) is 2.16. The summed E-state index contributed by atoms with van der Waals surface area (Å²) >= 11 is 1.03. The number of halogens is 1. The maximum absolute atomic E-state index is 13.5. The number of hydrogen-bond donors (Lipinski definition) is 0. The molecule has 0 aliphatic carbocycles. The van der Waals surface area contributed by atoms with Crippen LogP contribution in [0, 0.1) is 5.82 Å². The quantitative estimate of drug-likeness (QED) is 0.601. The molecule has 0 spiro atoms. The molecule has 7 nitrogen and oxygen atoms in total. The highest BCUT2D eigenvalue weighted by molar-refractivity contribution is 7.90. The number of rotatable bonds is 4. The van der Waals surface area contributed by atoms with Crippen LogP contribution >= 0.6 is 11.3 Å². The van der Waals surface area contributed by atoms with Gasteiger partial charge in [-0.25, -0.2) is 12.8 Å². The first-order valence-electron chi connectivity index (χ1n) is 7.94. The highest BCUT2D eigenvalue weighted by atomic mass is 32.2. The molecule has 0 atom stereocenters. The molecule has 3 rings (SSSR count). The Bertz CT molecular complexity index is 1260. The molecule has 1 amide bonds. The van der Waals surface area contributed by atoms with Crippen LogP contribution in [0.25, 0.3) is 10.2 Å². The Morgan fingerprint density at radius 3 is 2.64 bits per heavy atom. The van der Waals surface area contributed by atoms with Gasteiger partial charge in [-0.2, -0.15) is 4.99 Å². The Labute approximate surface area is 163 Å². The van der Waals surface area contributed by atoms with Gasteiger partial charge >= 0.3 is 5.97 Å². The SMILES string of the molecule is COC(=O)Cn1c(=NC(=O)c2cccc(S(C)(=O)=O)c2)sc2cc(F)ccc21. The number of esters is 1. The summed E-state index contributed by atoms with van der Waals surface area (Å²) in [4.78, 5) is 28.5. The van der Waals surface area contributed by atoms with Gasteiger partial charge in [0.2, 0.25) is 0 Å². The molecule has 28 heavy (non-hydrogen) atoms. The molecule has 0 saturated carbocycles. The predicted molar refractivity (Wildman–Crippen MR) is 101 cm³/mol. The first-order chi connectivity index (χ1) is 13.2. The number of sulfone groups is 1. The summed E-state index contributed by atoms with van der Waals surface area (Å²) < 4.78 is 43.5. The summed E-state index contributed by atoms with van der Waals surface area (Å²) in [6.45, 7) is -0.211. The van der Waals surface area contributed by atoms with Crippen molar-refractivity contribution in [1.29, 1.82) is 0 Å². The van der Waals surface area contributed by atoms with Crippen molar-refractivity contribution in [2.45, 2.75) is 11.4 Å². The first-order valence-corrected chi connectivity index (χ1v) is 10.6. The molecule has 2 aromatic carbocycles. The number of hydrogen-bond acceptors (Lipinski definition) is 6. The van der Waals surface area contributed by atoms with Crippen LogP contribution in [-0.4, -0.2) is 38.2 Å². The first kappa shape index (κ1) is 19.9. The minimum Gasteiger partial charge on any atom is -0.468 e. The van der Waals surface area contributed by atoms with Crippen LogP contribution in [0.5, 0.6) is 0 Å². The molecule has 0 radical (unpaired) electrons. The van der Waals surface area contributed by atoms with Crippen LogP contribution in [0.1, 0.15) is 10.4 Å². The maximum Gasteiger partial charge on any atom is 0.325 e. The molecule has 0 unspecified atom stereocenters. The Morgan fingerprint density at radius 2 is 1.96 bits per heavy atom. The van der Waals surface area contributed by atoms with Gasteiger partial charge in [-0.05, 0) is 36.4 Å². The van der Waals surface area contributed by atoms with E-state index in [1.54, 1.807) is 0 Å². The van der Waals surface area contributed by atoms with Gasteiger partial charge in [0.1, 0.15) is 12.4 Å². The van der Waals surface area contributed by atoms with Crippen LogP contribution in [0.15, 0.2) is 52.4 Å². The number of nitrogens with zero attached hydrogens (tertiary/aromatic N) is 2. The summed E-state index contributed by atoms with van der Waals surface area (Å²) in [5, 5.41) is 0. The van der Waals surface area contributed by atoms with Crippen molar-refractivity contribution < 1.29 is 27.1 Å². The number of carbonyl (C=O) groups is 2. The highest BCUT2D eigenvalue weighted by Gasteiger charge is 2.14. The van der Waals surface area contributed by atoms with Crippen molar-refractivity contribution >= 4 is 43.3 Å². The number of amides is 1. The molecule has 0 aliphatic heterocycles. The van der Waals surface area contributed by atoms with Gasteiger partial charge in [0.05, 0.1) is 22.2 Å². The number of carbonyl (C=O) groups excluding carboxylic acids is 2. The van der Waals surface area contributed by atoms with Gasteiger partial charge < -0.3 is 9.30 Å². The fraction of sp³-hybridized carbons (Fsp3) is 0.167. The van der Waals surface area contributed by atoms with Crippen molar-refractivity contribution in [3.8, 4) is 0 Å². The van der Waals surface area contributed by atoms with E-state index in [1.165, 1.54) is 54.1 Å². The van der Waals surface area contributed by atoms with Gasteiger partial charge in [0, 0.05) is 11.8 Å². The maximum atomic E-state index is 13.5. The molecular weight excluding hydrogens is 407 g/mol. The van der Waals surface area contributed by atoms with E-state index in [4.69, 9.17) is 0 Å². The minimum atomic E-state index is -3.48. The Morgan fingerprint density at radius 1 is 1.21 bits per heavy atom. The molecule has 0 saturated heterocycles. The van der Waals surface area contributed by atoms with Crippen molar-refractivity contribution in [3.05, 3.63) is 58.6 Å². The average molecular weight is 422 g/mol. The number of thiazole rings is 1. The Kier molecular flexibility index (Phi) is 5.43.